The van der Waals surface area contributed by atoms with Gasteiger partial charge in [0.1, 0.15) is 0 Å². The number of aromatic nitrogens is 2. The zero-order valence-electron chi connectivity index (χ0n) is 10.2. The molecule has 0 atom stereocenters. The van der Waals surface area contributed by atoms with E-state index < -0.39 is 0 Å². The first-order valence-corrected chi connectivity index (χ1v) is 5.44. The fraction of sp³-hybridized carbons (Fsp3) is 0.500. The van der Waals surface area contributed by atoms with Crippen LogP contribution in [0.3, 0.4) is 0 Å². The van der Waals surface area contributed by atoms with Crippen molar-refractivity contribution in [3.63, 3.8) is 0 Å². The number of rotatable bonds is 2. The molecule has 0 unspecified atom stereocenters. The maximum absolute atomic E-state index is 5.23. The molecule has 0 saturated carbocycles. The monoisotopic (exact) mass is 221 g/mol. The third-order valence-electron chi connectivity index (χ3n) is 2.07. The molecule has 0 aliphatic carbocycles. The second-order valence-corrected chi connectivity index (χ2v) is 3.64. The van der Waals surface area contributed by atoms with E-state index in [9.17, 15) is 0 Å². The fourth-order valence-corrected chi connectivity index (χ4v) is 1.49. The van der Waals surface area contributed by atoms with Gasteiger partial charge >= 0.3 is 6.01 Å². The number of fused-ring (bicyclic) bond motifs is 1. The van der Waals surface area contributed by atoms with E-state index >= 15 is 0 Å². The summed E-state index contributed by atoms with van der Waals surface area (Å²) in [6.45, 7) is 9.65. The Balaban J connectivity index is 0.000000386. The summed E-state index contributed by atoms with van der Waals surface area (Å²) in [5, 5.41) is 0. The van der Waals surface area contributed by atoms with E-state index in [0.29, 0.717) is 12.6 Å². The van der Waals surface area contributed by atoms with Crippen LogP contribution in [-0.4, -0.2) is 28.5 Å². The lowest BCUT2D eigenvalue weighted by molar-refractivity contribution is 0.310. The number of hydrogen-bond donors (Lipinski definition) is 0. The van der Waals surface area contributed by atoms with Crippen LogP contribution in [0.2, 0.25) is 0 Å². The molecule has 0 aromatic carbocycles. The highest BCUT2D eigenvalue weighted by Gasteiger charge is 2.17. The Hall–Kier alpha value is -1.42. The van der Waals surface area contributed by atoms with Crippen molar-refractivity contribution in [2.75, 3.05) is 13.7 Å². The van der Waals surface area contributed by atoms with E-state index in [-0.39, 0.29) is 0 Å². The van der Waals surface area contributed by atoms with Crippen molar-refractivity contribution in [2.24, 2.45) is 0 Å². The lowest BCUT2D eigenvalue weighted by atomic mass is 10.3. The van der Waals surface area contributed by atoms with Gasteiger partial charge in [-0.3, -0.25) is 4.90 Å². The van der Waals surface area contributed by atoms with Gasteiger partial charge in [-0.15, -0.1) is 6.58 Å². The summed E-state index contributed by atoms with van der Waals surface area (Å²) in [4.78, 5) is 10.6. The van der Waals surface area contributed by atoms with Gasteiger partial charge in [-0.25, -0.2) is 4.98 Å². The van der Waals surface area contributed by atoms with Crippen LogP contribution in [0, 0.1) is 0 Å². The van der Waals surface area contributed by atoms with Gasteiger partial charge in [-0.1, -0.05) is 6.08 Å². The second kappa shape index (κ2) is 6.23. The molecule has 88 valence electrons. The van der Waals surface area contributed by atoms with Gasteiger partial charge in [0.2, 0.25) is 0 Å². The van der Waals surface area contributed by atoms with Crippen LogP contribution in [-0.2, 0) is 13.1 Å². The van der Waals surface area contributed by atoms with Crippen LogP contribution in [0.1, 0.15) is 25.1 Å². The SMILES string of the molecule is C=CC.CCOc1ncc2c(n1)CN(C)C2. The zero-order chi connectivity index (χ0) is 12.0. The molecule has 1 aliphatic heterocycles. The topological polar surface area (TPSA) is 38.3 Å². The van der Waals surface area contributed by atoms with E-state index in [1.807, 2.05) is 20.0 Å². The Morgan fingerprint density at radius 2 is 2.25 bits per heavy atom. The second-order valence-electron chi connectivity index (χ2n) is 3.64. The summed E-state index contributed by atoms with van der Waals surface area (Å²) < 4.78 is 5.23. The zero-order valence-corrected chi connectivity index (χ0v) is 10.2. The maximum Gasteiger partial charge on any atom is 0.316 e. The highest BCUT2D eigenvalue weighted by atomic mass is 16.5. The Labute approximate surface area is 97.0 Å². The molecule has 1 aliphatic rings. The van der Waals surface area contributed by atoms with Crippen molar-refractivity contribution < 1.29 is 4.74 Å². The molecule has 0 bridgehead atoms. The summed E-state index contributed by atoms with van der Waals surface area (Å²) in [5.41, 5.74) is 2.31. The van der Waals surface area contributed by atoms with E-state index in [4.69, 9.17) is 4.74 Å². The van der Waals surface area contributed by atoms with Crippen molar-refractivity contribution in [1.82, 2.24) is 14.9 Å². The molecule has 0 amide bonds. The minimum atomic E-state index is 0.497. The van der Waals surface area contributed by atoms with E-state index in [1.165, 1.54) is 5.56 Å². The molecule has 1 aromatic heterocycles. The Bertz CT molecular complexity index is 352. The fourth-order valence-electron chi connectivity index (χ4n) is 1.49. The highest BCUT2D eigenvalue weighted by Crippen LogP contribution is 2.19. The first kappa shape index (κ1) is 12.6. The molecule has 2 rings (SSSR count). The lowest BCUT2D eigenvalue weighted by Crippen LogP contribution is -2.07. The Morgan fingerprint density at radius 1 is 1.56 bits per heavy atom. The number of nitrogens with zero attached hydrogens (tertiary/aromatic N) is 3. The van der Waals surface area contributed by atoms with E-state index in [2.05, 4.69) is 28.5 Å². The third kappa shape index (κ3) is 3.31. The summed E-state index contributed by atoms with van der Waals surface area (Å²) in [6, 6.07) is 0.497. The summed E-state index contributed by atoms with van der Waals surface area (Å²) in [5.74, 6) is 0. The van der Waals surface area contributed by atoms with Crippen molar-refractivity contribution in [2.45, 2.75) is 26.9 Å². The van der Waals surface area contributed by atoms with Gasteiger partial charge in [0.15, 0.2) is 0 Å². The molecule has 0 spiro atoms. The van der Waals surface area contributed by atoms with Crippen molar-refractivity contribution in [3.05, 3.63) is 30.1 Å². The van der Waals surface area contributed by atoms with Gasteiger partial charge in [0.25, 0.3) is 0 Å². The summed E-state index contributed by atoms with van der Waals surface area (Å²) >= 11 is 0. The van der Waals surface area contributed by atoms with Crippen LogP contribution in [0.4, 0.5) is 0 Å². The van der Waals surface area contributed by atoms with Gasteiger partial charge < -0.3 is 4.74 Å². The molecule has 4 nitrogen and oxygen atoms in total. The molecule has 0 fully saturated rings. The number of hydrogen-bond acceptors (Lipinski definition) is 4. The van der Waals surface area contributed by atoms with Crippen LogP contribution in [0.5, 0.6) is 6.01 Å². The first-order chi connectivity index (χ1) is 7.71. The normalized spacial score (nSPS) is 13.7. The van der Waals surface area contributed by atoms with Crippen molar-refractivity contribution >= 4 is 0 Å². The number of allylic oxidation sites excluding steroid dienone is 1. The summed E-state index contributed by atoms with van der Waals surface area (Å²) in [6.07, 6.45) is 3.61. The third-order valence-corrected chi connectivity index (χ3v) is 2.07. The molecule has 0 saturated heterocycles. The molecule has 0 radical (unpaired) electrons. The molecule has 16 heavy (non-hydrogen) atoms. The first-order valence-electron chi connectivity index (χ1n) is 5.44. The van der Waals surface area contributed by atoms with Crippen LogP contribution in [0.25, 0.3) is 0 Å². The standard InChI is InChI=1S/C9H13N3O.C3H6/c1-3-13-9-10-4-7-5-12(2)6-8(7)11-9;1-3-2/h4H,3,5-6H2,1-2H3;3H,1H2,2H3. The van der Waals surface area contributed by atoms with Gasteiger partial charge in [0, 0.05) is 24.8 Å². The minimum Gasteiger partial charge on any atom is -0.464 e. The van der Waals surface area contributed by atoms with Crippen LogP contribution >= 0.6 is 0 Å². The number of ether oxygens (including phenoxy) is 1. The smallest absolute Gasteiger partial charge is 0.316 e. The Kier molecular flexibility index (Phi) is 4.92. The van der Waals surface area contributed by atoms with Gasteiger partial charge in [-0.05, 0) is 20.9 Å². The average Bonchev–Trinajstić information content (AvgIpc) is 2.59. The predicted octanol–water partition coefficient (Wildman–Crippen LogP) is 2.01. The van der Waals surface area contributed by atoms with Crippen LogP contribution < -0.4 is 4.74 Å². The quantitative estimate of drug-likeness (QED) is 0.716. The average molecular weight is 221 g/mol. The largest absolute Gasteiger partial charge is 0.464 e. The van der Waals surface area contributed by atoms with Gasteiger partial charge in [0.05, 0.1) is 12.3 Å². The maximum atomic E-state index is 5.23. The van der Waals surface area contributed by atoms with Gasteiger partial charge in [-0.2, -0.15) is 4.98 Å². The predicted molar refractivity (Wildman–Crippen MR) is 64.2 cm³/mol. The highest BCUT2D eigenvalue weighted by molar-refractivity contribution is 5.22. The Morgan fingerprint density at radius 3 is 2.88 bits per heavy atom. The molecular formula is C12H19N3O. The molecule has 0 N–H and O–H groups in total. The minimum absolute atomic E-state index is 0.497. The summed E-state index contributed by atoms with van der Waals surface area (Å²) in [7, 11) is 2.07. The van der Waals surface area contributed by atoms with E-state index in [0.717, 1.165) is 18.8 Å². The molecular weight excluding hydrogens is 202 g/mol. The van der Waals surface area contributed by atoms with Crippen molar-refractivity contribution in [1.29, 1.82) is 0 Å². The lowest BCUT2D eigenvalue weighted by Gasteiger charge is -2.02. The van der Waals surface area contributed by atoms with Crippen LogP contribution in [0.15, 0.2) is 18.9 Å². The van der Waals surface area contributed by atoms with E-state index in [1.54, 1.807) is 6.08 Å². The molecule has 2 heterocycles. The molecule has 1 aromatic rings. The van der Waals surface area contributed by atoms with Crippen molar-refractivity contribution in [3.8, 4) is 6.01 Å². The molecule has 4 heteroatoms.